The van der Waals surface area contributed by atoms with Crippen molar-refractivity contribution in [2.24, 2.45) is 5.92 Å². The zero-order valence-corrected chi connectivity index (χ0v) is 14.8. The minimum atomic E-state index is -0.605. The molecule has 1 N–H and O–H groups in total. The van der Waals surface area contributed by atoms with Crippen molar-refractivity contribution in [3.05, 3.63) is 41.4 Å². The molecule has 0 aliphatic carbocycles. The molecule has 134 valence electrons. The molecule has 6 nitrogen and oxygen atoms in total. The molecule has 3 heterocycles. The number of amides is 1. The summed E-state index contributed by atoms with van der Waals surface area (Å²) in [4.78, 5) is 33.5. The van der Waals surface area contributed by atoms with Gasteiger partial charge in [-0.2, -0.15) is 0 Å². The Kier molecular flexibility index (Phi) is 5.18. The maximum Gasteiger partial charge on any atom is 0.290 e. The zero-order chi connectivity index (χ0) is 18.0. The Bertz CT molecular complexity index is 678. The molecule has 2 aliphatic heterocycles. The average molecular weight is 343 g/mol. The van der Waals surface area contributed by atoms with Gasteiger partial charge in [0.1, 0.15) is 6.04 Å². The molecule has 6 heteroatoms. The quantitative estimate of drug-likeness (QED) is 0.856. The van der Waals surface area contributed by atoms with Crippen LogP contribution in [0.25, 0.3) is 0 Å². The summed E-state index contributed by atoms with van der Waals surface area (Å²) in [5.74, 6) is -1.39. The van der Waals surface area contributed by atoms with Crippen molar-refractivity contribution in [3.8, 4) is 0 Å². The zero-order valence-electron chi connectivity index (χ0n) is 14.8. The number of hydrogen-bond acceptors (Lipinski definition) is 5. The number of aromatic nitrogens is 1. The normalized spacial score (nSPS) is 21.6. The fourth-order valence-electron chi connectivity index (χ4n) is 3.55. The van der Waals surface area contributed by atoms with Crippen LogP contribution in [0.15, 0.2) is 35.7 Å². The van der Waals surface area contributed by atoms with Gasteiger partial charge in [-0.3, -0.25) is 14.6 Å². The smallest absolute Gasteiger partial charge is 0.290 e. The molecule has 1 unspecified atom stereocenters. The summed E-state index contributed by atoms with van der Waals surface area (Å²) >= 11 is 0. The summed E-state index contributed by atoms with van der Waals surface area (Å²) in [5.41, 5.74) is 0.797. The van der Waals surface area contributed by atoms with E-state index >= 15 is 0 Å². The van der Waals surface area contributed by atoms with Crippen LogP contribution < -0.4 is 0 Å². The fourth-order valence-corrected chi connectivity index (χ4v) is 3.55. The summed E-state index contributed by atoms with van der Waals surface area (Å²) < 4.78 is 0. The number of rotatable bonds is 6. The molecule has 0 aromatic carbocycles. The number of ketones is 1. The van der Waals surface area contributed by atoms with E-state index in [0.717, 1.165) is 19.6 Å². The molecule has 0 bridgehead atoms. The predicted octanol–water partition coefficient (Wildman–Crippen LogP) is 2.10. The van der Waals surface area contributed by atoms with E-state index < -0.39 is 17.7 Å². The van der Waals surface area contributed by atoms with E-state index in [1.54, 1.807) is 37.1 Å². The number of aliphatic hydroxyl groups is 1. The third-order valence-electron chi connectivity index (χ3n) is 4.92. The summed E-state index contributed by atoms with van der Waals surface area (Å²) in [7, 11) is 0. The van der Waals surface area contributed by atoms with E-state index in [1.807, 2.05) is 6.07 Å². The highest BCUT2D eigenvalue weighted by Gasteiger charge is 2.44. The van der Waals surface area contributed by atoms with Crippen LogP contribution in [0.4, 0.5) is 0 Å². The van der Waals surface area contributed by atoms with Gasteiger partial charge in [0.25, 0.3) is 5.91 Å². The van der Waals surface area contributed by atoms with E-state index in [4.69, 9.17) is 0 Å². The summed E-state index contributed by atoms with van der Waals surface area (Å²) in [6, 6.07) is 4.82. The van der Waals surface area contributed by atoms with Gasteiger partial charge in [-0.1, -0.05) is 19.9 Å². The number of Topliss-reactive ketones (excluding diaryl/α,β-unsaturated/α-hetero) is 1. The van der Waals surface area contributed by atoms with Gasteiger partial charge in [0.2, 0.25) is 0 Å². The lowest BCUT2D eigenvalue weighted by molar-refractivity contribution is -0.129. The van der Waals surface area contributed by atoms with Gasteiger partial charge in [-0.05, 0) is 38.1 Å². The van der Waals surface area contributed by atoms with Crippen LogP contribution >= 0.6 is 0 Å². The molecule has 1 atom stereocenters. The third kappa shape index (κ3) is 3.44. The number of likely N-dealkylation sites (tertiary alicyclic amines) is 1. The highest BCUT2D eigenvalue weighted by Crippen LogP contribution is 2.37. The van der Waals surface area contributed by atoms with Gasteiger partial charge >= 0.3 is 0 Å². The van der Waals surface area contributed by atoms with Crippen molar-refractivity contribution in [2.45, 2.75) is 32.7 Å². The molecule has 25 heavy (non-hydrogen) atoms. The SMILES string of the molecule is CC(C)C(=O)C1=C(O)C(=O)N(CCN2CCCC2)C1c1ccccn1. The number of hydrogen-bond donors (Lipinski definition) is 1. The van der Waals surface area contributed by atoms with Crippen LogP contribution in [0.3, 0.4) is 0 Å². The molecule has 0 radical (unpaired) electrons. The molecule has 1 fully saturated rings. The largest absolute Gasteiger partial charge is 0.503 e. The summed E-state index contributed by atoms with van der Waals surface area (Å²) in [6.07, 6.45) is 4.00. The summed E-state index contributed by atoms with van der Waals surface area (Å²) in [5, 5.41) is 10.4. The highest BCUT2D eigenvalue weighted by molar-refractivity contribution is 6.09. The Labute approximate surface area is 148 Å². The third-order valence-corrected chi connectivity index (χ3v) is 4.92. The average Bonchev–Trinajstić information content (AvgIpc) is 3.21. The van der Waals surface area contributed by atoms with Gasteiger partial charge in [0.05, 0.1) is 11.3 Å². The van der Waals surface area contributed by atoms with Crippen LogP contribution in [-0.2, 0) is 9.59 Å². The lowest BCUT2D eigenvalue weighted by Crippen LogP contribution is -2.38. The first-order chi connectivity index (χ1) is 12.0. The lowest BCUT2D eigenvalue weighted by Gasteiger charge is -2.28. The van der Waals surface area contributed by atoms with Crippen LogP contribution in [0.2, 0.25) is 0 Å². The van der Waals surface area contributed by atoms with Crippen molar-refractivity contribution in [1.29, 1.82) is 0 Å². The van der Waals surface area contributed by atoms with Crippen molar-refractivity contribution >= 4 is 11.7 Å². The second-order valence-electron chi connectivity index (χ2n) is 6.99. The van der Waals surface area contributed by atoms with Crippen LogP contribution in [0.1, 0.15) is 38.4 Å². The number of carbonyl (C=O) groups excluding carboxylic acids is 2. The number of aliphatic hydroxyl groups excluding tert-OH is 1. The molecule has 0 spiro atoms. The van der Waals surface area contributed by atoms with Gasteiger partial charge in [-0.15, -0.1) is 0 Å². The van der Waals surface area contributed by atoms with Gasteiger partial charge in [0, 0.05) is 25.2 Å². The molecule has 0 saturated carbocycles. The minimum Gasteiger partial charge on any atom is -0.503 e. The molecule has 1 saturated heterocycles. The molecule has 2 aliphatic rings. The number of nitrogens with zero attached hydrogens (tertiary/aromatic N) is 3. The van der Waals surface area contributed by atoms with Gasteiger partial charge in [0.15, 0.2) is 11.5 Å². The van der Waals surface area contributed by atoms with Crippen LogP contribution in [0.5, 0.6) is 0 Å². The Morgan fingerprint density at radius 2 is 2.00 bits per heavy atom. The maximum absolute atomic E-state index is 12.7. The maximum atomic E-state index is 12.7. The van der Waals surface area contributed by atoms with Crippen molar-refractivity contribution in [1.82, 2.24) is 14.8 Å². The Hall–Kier alpha value is -2.21. The van der Waals surface area contributed by atoms with Crippen LogP contribution in [0, 0.1) is 5.92 Å². The lowest BCUT2D eigenvalue weighted by atomic mass is 9.93. The first-order valence-corrected chi connectivity index (χ1v) is 8.92. The van der Waals surface area contributed by atoms with E-state index in [0.29, 0.717) is 12.2 Å². The molecule has 1 aromatic rings. The Balaban J connectivity index is 1.91. The van der Waals surface area contributed by atoms with Crippen molar-refractivity contribution in [3.63, 3.8) is 0 Å². The van der Waals surface area contributed by atoms with E-state index in [-0.39, 0.29) is 17.3 Å². The minimum absolute atomic E-state index is 0.181. The number of carbonyl (C=O) groups is 2. The molecular weight excluding hydrogens is 318 g/mol. The molecule has 1 amide bonds. The molecule has 3 rings (SSSR count). The van der Waals surface area contributed by atoms with E-state index in [9.17, 15) is 14.7 Å². The summed E-state index contributed by atoms with van der Waals surface area (Å²) in [6.45, 7) is 6.83. The van der Waals surface area contributed by atoms with Crippen molar-refractivity contribution < 1.29 is 14.7 Å². The Morgan fingerprint density at radius 3 is 2.60 bits per heavy atom. The highest BCUT2D eigenvalue weighted by atomic mass is 16.3. The fraction of sp³-hybridized carbons (Fsp3) is 0.526. The predicted molar refractivity (Wildman–Crippen MR) is 93.9 cm³/mol. The van der Waals surface area contributed by atoms with Crippen LogP contribution in [-0.4, -0.2) is 57.8 Å². The second-order valence-corrected chi connectivity index (χ2v) is 6.99. The van der Waals surface area contributed by atoms with E-state index in [1.165, 1.54) is 12.8 Å². The van der Waals surface area contributed by atoms with Crippen molar-refractivity contribution in [2.75, 3.05) is 26.2 Å². The molecule has 1 aromatic heterocycles. The number of pyridine rings is 1. The topological polar surface area (TPSA) is 73.7 Å². The molecular formula is C19H25N3O3. The second kappa shape index (κ2) is 7.35. The van der Waals surface area contributed by atoms with Gasteiger partial charge < -0.3 is 14.9 Å². The van der Waals surface area contributed by atoms with Gasteiger partial charge in [-0.25, -0.2) is 0 Å². The first kappa shape index (κ1) is 17.6. The first-order valence-electron chi connectivity index (χ1n) is 8.92. The Morgan fingerprint density at radius 1 is 1.28 bits per heavy atom. The standard InChI is InChI=1S/C19H25N3O3/c1-13(2)17(23)15-16(14-7-3-4-8-20-14)22(19(25)18(15)24)12-11-21-9-5-6-10-21/h3-4,7-8,13,16,24H,5-6,9-12H2,1-2H3. The monoisotopic (exact) mass is 343 g/mol. The van der Waals surface area contributed by atoms with E-state index in [2.05, 4.69) is 9.88 Å².